The van der Waals surface area contributed by atoms with Crippen LogP contribution in [0.25, 0.3) is 11.0 Å². The largest absolute Gasteiger partial charge is 0.270 e. The lowest BCUT2D eigenvalue weighted by Crippen LogP contribution is -1.96. The molecule has 0 aliphatic rings. The minimum Gasteiger partial charge on any atom is -0.260 e. The van der Waals surface area contributed by atoms with Crippen molar-refractivity contribution in [3.05, 3.63) is 70.4 Å². The average Bonchev–Trinajstić information content (AvgIpc) is 2.55. The lowest BCUT2D eigenvalue weighted by atomic mass is 10.2. The third-order valence-electron chi connectivity index (χ3n) is 2.92. The summed E-state index contributed by atoms with van der Waals surface area (Å²) in [5, 5.41) is 14.7. The minimum atomic E-state index is -0.445. The van der Waals surface area contributed by atoms with Crippen LogP contribution in [0.15, 0.2) is 59.8 Å². The van der Waals surface area contributed by atoms with Crippen LogP contribution in [0.1, 0.15) is 5.56 Å². The molecule has 0 aliphatic heterocycles. The van der Waals surface area contributed by atoms with E-state index in [0.29, 0.717) is 11.4 Å². The summed E-state index contributed by atoms with van der Waals surface area (Å²) in [6.07, 6.45) is 3.07. The molecule has 0 spiro atoms. The first kappa shape index (κ1) is 13.6. The standard InChI is InChI=1S/C15H11N5O2/c21-20(22)12-5-3-4-11(8-12)9-17-19-15-10-16-13-6-1-2-7-14(13)18-15/h1-10H,(H,18,19)/b17-9+. The van der Waals surface area contributed by atoms with E-state index in [1.807, 2.05) is 24.3 Å². The molecule has 0 amide bonds. The van der Waals surface area contributed by atoms with Crippen LogP contribution in [-0.2, 0) is 0 Å². The predicted molar refractivity (Wildman–Crippen MR) is 83.9 cm³/mol. The fourth-order valence-corrected chi connectivity index (χ4v) is 1.90. The minimum absolute atomic E-state index is 0.0226. The van der Waals surface area contributed by atoms with Crippen molar-refractivity contribution < 1.29 is 4.92 Å². The average molecular weight is 293 g/mol. The molecule has 1 heterocycles. The maximum absolute atomic E-state index is 10.7. The molecule has 0 saturated heterocycles. The molecule has 0 atom stereocenters. The van der Waals surface area contributed by atoms with Crippen LogP contribution >= 0.6 is 0 Å². The monoisotopic (exact) mass is 293 g/mol. The van der Waals surface area contributed by atoms with Crippen molar-refractivity contribution >= 4 is 28.8 Å². The number of para-hydroxylation sites is 2. The highest BCUT2D eigenvalue weighted by atomic mass is 16.6. The van der Waals surface area contributed by atoms with Gasteiger partial charge in [0.15, 0.2) is 5.82 Å². The number of hydrogen-bond donors (Lipinski definition) is 1. The molecule has 7 nitrogen and oxygen atoms in total. The second-order valence-electron chi connectivity index (χ2n) is 4.47. The molecule has 0 radical (unpaired) electrons. The van der Waals surface area contributed by atoms with E-state index in [4.69, 9.17) is 0 Å². The Balaban J connectivity index is 1.75. The van der Waals surface area contributed by atoms with Crippen LogP contribution in [0.2, 0.25) is 0 Å². The highest BCUT2D eigenvalue weighted by Gasteiger charge is 2.04. The van der Waals surface area contributed by atoms with Gasteiger partial charge >= 0.3 is 0 Å². The third kappa shape index (κ3) is 3.04. The number of nitro benzene ring substituents is 1. The molecule has 1 N–H and O–H groups in total. The molecule has 0 bridgehead atoms. The number of nitrogens with one attached hydrogen (secondary N) is 1. The molecule has 3 aromatic rings. The maximum Gasteiger partial charge on any atom is 0.270 e. The predicted octanol–water partition coefficient (Wildman–Crippen LogP) is 2.98. The first-order chi connectivity index (χ1) is 10.7. The Morgan fingerprint density at radius 1 is 1.14 bits per heavy atom. The van der Waals surface area contributed by atoms with E-state index < -0.39 is 4.92 Å². The molecule has 2 aromatic carbocycles. The number of rotatable bonds is 4. The van der Waals surface area contributed by atoms with E-state index in [2.05, 4.69) is 20.5 Å². The smallest absolute Gasteiger partial charge is 0.260 e. The van der Waals surface area contributed by atoms with Crippen LogP contribution in [0, 0.1) is 10.1 Å². The zero-order valence-corrected chi connectivity index (χ0v) is 11.4. The zero-order chi connectivity index (χ0) is 15.4. The Bertz CT molecular complexity index is 863. The van der Waals surface area contributed by atoms with Gasteiger partial charge < -0.3 is 0 Å². The molecule has 3 rings (SSSR count). The van der Waals surface area contributed by atoms with Crippen molar-refractivity contribution in [3.8, 4) is 0 Å². The Morgan fingerprint density at radius 3 is 2.77 bits per heavy atom. The molecule has 22 heavy (non-hydrogen) atoms. The van der Waals surface area contributed by atoms with Crippen molar-refractivity contribution in [1.29, 1.82) is 0 Å². The van der Waals surface area contributed by atoms with Gasteiger partial charge in [0.25, 0.3) is 5.69 Å². The van der Waals surface area contributed by atoms with Crippen molar-refractivity contribution in [3.63, 3.8) is 0 Å². The van der Waals surface area contributed by atoms with Gasteiger partial charge in [0, 0.05) is 17.7 Å². The molecule has 0 saturated carbocycles. The molecule has 108 valence electrons. The Kier molecular flexibility index (Phi) is 3.69. The van der Waals surface area contributed by atoms with Crippen molar-refractivity contribution in [1.82, 2.24) is 9.97 Å². The van der Waals surface area contributed by atoms with E-state index in [9.17, 15) is 10.1 Å². The van der Waals surface area contributed by atoms with Gasteiger partial charge in [0.05, 0.1) is 28.4 Å². The normalized spacial score (nSPS) is 10.9. The molecule has 0 aliphatic carbocycles. The summed E-state index contributed by atoms with van der Waals surface area (Å²) in [5.41, 5.74) is 4.97. The summed E-state index contributed by atoms with van der Waals surface area (Å²) in [6, 6.07) is 13.7. The summed E-state index contributed by atoms with van der Waals surface area (Å²) in [7, 11) is 0. The summed E-state index contributed by atoms with van der Waals surface area (Å²) < 4.78 is 0. The van der Waals surface area contributed by atoms with E-state index in [1.54, 1.807) is 18.3 Å². The second kappa shape index (κ2) is 5.96. The van der Waals surface area contributed by atoms with Gasteiger partial charge in [0.1, 0.15) is 0 Å². The third-order valence-corrected chi connectivity index (χ3v) is 2.92. The van der Waals surface area contributed by atoms with E-state index in [0.717, 1.165) is 11.0 Å². The number of non-ortho nitro benzene ring substituents is 1. The van der Waals surface area contributed by atoms with Gasteiger partial charge in [-0.2, -0.15) is 5.10 Å². The van der Waals surface area contributed by atoms with Gasteiger partial charge in [-0.25, -0.2) is 4.98 Å². The summed E-state index contributed by atoms with van der Waals surface area (Å²) >= 11 is 0. The van der Waals surface area contributed by atoms with Crippen LogP contribution in [0.5, 0.6) is 0 Å². The van der Waals surface area contributed by atoms with E-state index in [-0.39, 0.29) is 5.69 Å². The fourth-order valence-electron chi connectivity index (χ4n) is 1.90. The fraction of sp³-hybridized carbons (Fsp3) is 0. The molecular formula is C15H11N5O2. The number of benzene rings is 2. The number of anilines is 1. The highest BCUT2D eigenvalue weighted by molar-refractivity contribution is 5.81. The molecule has 0 fully saturated rings. The quantitative estimate of drug-likeness (QED) is 0.453. The molecule has 1 aromatic heterocycles. The maximum atomic E-state index is 10.7. The summed E-state index contributed by atoms with van der Waals surface area (Å²) in [6.45, 7) is 0. The summed E-state index contributed by atoms with van der Waals surface area (Å²) in [4.78, 5) is 18.9. The first-order valence-corrected chi connectivity index (χ1v) is 6.48. The Morgan fingerprint density at radius 2 is 1.95 bits per heavy atom. The van der Waals surface area contributed by atoms with Crippen molar-refractivity contribution in [2.24, 2.45) is 5.10 Å². The second-order valence-corrected chi connectivity index (χ2v) is 4.47. The number of aromatic nitrogens is 2. The van der Waals surface area contributed by atoms with Gasteiger partial charge in [-0.15, -0.1) is 0 Å². The number of hydrogen-bond acceptors (Lipinski definition) is 6. The van der Waals surface area contributed by atoms with Crippen molar-refractivity contribution in [2.45, 2.75) is 0 Å². The Labute approximate surface area is 125 Å². The van der Waals surface area contributed by atoms with Gasteiger partial charge in [-0.05, 0) is 12.1 Å². The molecule has 7 heteroatoms. The van der Waals surface area contributed by atoms with Gasteiger partial charge in [-0.1, -0.05) is 24.3 Å². The van der Waals surface area contributed by atoms with Crippen LogP contribution < -0.4 is 5.43 Å². The van der Waals surface area contributed by atoms with E-state index >= 15 is 0 Å². The van der Waals surface area contributed by atoms with Gasteiger partial charge in [-0.3, -0.25) is 20.5 Å². The number of fused-ring (bicyclic) bond motifs is 1. The highest BCUT2D eigenvalue weighted by Crippen LogP contribution is 2.13. The number of nitrogens with zero attached hydrogens (tertiary/aromatic N) is 4. The Hall–Kier alpha value is -3.35. The molecule has 0 unspecified atom stereocenters. The zero-order valence-electron chi connectivity index (χ0n) is 11.4. The lowest BCUT2D eigenvalue weighted by Gasteiger charge is -2.01. The topological polar surface area (TPSA) is 93.3 Å². The van der Waals surface area contributed by atoms with Crippen LogP contribution in [0.3, 0.4) is 0 Å². The number of hydrazone groups is 1. The van der Waals surface area contributed by atoms with Crippen molar-refractivity contribution in [2.75, 3.05) is 5.43 Å². The summed E-state index contributed by atoms with van der Waals surface area (Å²) in [5.74, 6) is 0.500. The van der Waals surface area contributed by atoms with Crippen LogP contribution in [0.4, 0.5) is 11.5 Å². The van der Waals surface area contributed by atoms with Gasteiger partial charge in [0.2, 0.25) is 0 Å². The SMILES string of the molecule is O=[N+]([O-])c1cccc(/C=N/Nc2cnc3ccccc3n2)c1. The number of nitro groups is 1. The van der Waals surface area contributed by atoms with E-state index in [1.165, 1.54) is 18.3 Å². The van der Waals surface area contributed by atoms with Crippen LogP contribution in [-0.4, -0.2) is 21.1 Å². The molecular weight excluding hydrogens is 282 g/mol. The first-order valence-electron chi connectivity index (χ1n) is 6.48. The lowest BCUT2D eigenvalue weighted by molar-refractivity contribution is -0.384.